The number of rotatable bonds is 5. The fourth-order valence-corrected chi connectivity index (χ4v) is 2.78. The smallest absolute Gasteiger partial charge is 0.216 e. The molecular formula is C13H15N3O2S. The number of pyridine rings is 1. The maximum atomic E-state index is 11.9. The minimum atomic E-state index is -3.41. The first kappa shape index (κ1) is 13.5. The Labute approximate surface area is 112 Å². The molecule has 0 aliphatic rings. The van der Waals surface area contributed by atoms with Crippen LogP contribution in [0.2, 0.25) is 0 Å². The van der Waals surface area contributed by atoms with Crippen LogP contribution < -0.4 is 10.5 Å². The largest absolute Gasteiger partial charge is 0.398 e. The van der Waals surface area contributed by atoms with Gasteiger partial charge in [-0.25, -0.2) is 13.1 Å². The van der Waals surface area contributed by atoms with Gasteiger partial charge in [0.15, 0.2) is 0 Å². The molecule has 5 nitrogen and oxygen atoms in total. The number of hydrogen-bond acceptors (Lipinski definition) is 4. The highest BCUT2D eigenvalue weighted by atomic mass is 32.2. The maximum absolute atomic E-state index is 11.9. The van der Waals surface area contributed by atoms with Crippen molar-refractivity contribution < 1.29 is 8.42 Å². The molecule has 0 aliphatic heterocycles. The third-order valence-corrected chi connectivity index (χ3v) is 3.89. The first-order chi connectivity index (χ1) is 9.07. The minimum absolute atomic E-state index is 0.125. The van der Waals surface area contributed by atoms with E-state index < -0.39 is 10.0 Å². The van der Waals surface area contributed by atoms with Gasteiger partial charge in [-0.2, -0.15) is 0 Å². The number of nitrogens with two attached hydrogens (primary N) is 1. The molecule has 0 radical (unpaired) electrons. The predicted molar refractivity (Wildman–Crippen MR) is 74.6 cm³/mol. The Kier molecular flexibility index (Phi) is 4.13. The van der Waals surface area contributed by atoms with Gasteiger partial charge < -0.3 is 5.73 Å². The van der Waals surface area contributed by atoms with Crippen molar-refractivity contribution in [2.75, 3.05) is 5.73 Å². The summed E-state index contributed by atoms with van der Waals surface area (Å²) in [4.78, 5) is 3.93. The molecule has 1 aromatic carbocycles. The van der Waals surface area contributed by atoms with Gasteiger partial charge in [0.1, 0.15) is 0 Å². The average Bonchev–Trinajstić information content (AvgIpc) is 2.40. The molecule has 0 aliphatic carbocycles. The van der Waals surface area contributed by atoms with Crippen molar-refractivity contribution in [2.45, 2.75) is 12.3 Å². The molecule has 0 fully saturated rings. The van der Waals surface area contributed by atoms with Crippen LogP contribution in [0.1, 0.15) is 11.1 Å². The van der Waals surface area contributed by atoms with Crippen molar-refractivity contribution in [2.24, 2.45) is 0 Å². The van der Waals surface area contributed by atoms with Gasteiger partial charge in [-0.3, -0.25) is 4.98 Å². The van der Waals surface area contributed by atoms with Crippen molar-refractivity contribution in [3.8, 4) is 0 Å². The fraction of sp³-hybridized carbons (Fsp3) is 0.154. The van der Waals surface area contributed by atoms with Gasteiger partial charge in [0, 0.05) is 24.6 Å². The quantitative estimate of drug-likeness (QED) is 0.806. The number of aromatic nitrogens is 1. The zero-order chi connectivity index (χ0) is 13.7. The van der Waals surface area contributed by atoms with Crippen LogP contribution in [-0.4, -0.2) is 13.4 Å². The highest BCUT2D eigenvalue weighted by Crippen LogP contribution is 2.13. The van der Waals surface area contributed by atoms with Crippen LogP contribution >= 0.6 is 0 Å². The normalized spacial score (nSPS) is 11.4. The number of benzene rings is 1. The predicted octanol–water partition coefficient (Wildman–Crippen LogP) is 1.28. The molecular weight excluding hydrogens is 262 g/mol. The third-order valence-electron chi connectivity index (χ3n) is 2.62. The number of sulfonamides is 1. The van der Waals surface area contributed by atoms with E-state index in [0.717, 1.165) is 5.56 Å². The van der Waals surface area contributed by atoms with Crippen molar-refractivity contribution in [1.82, 2.24) is 9.71 Å². The van der Waals surface area contributed by atoms with Gasteiger partial charge in [0.25, 0.3) is 0 Å². The molecule has 0 amide bonds. The number of nitrogens with zero attached hydrogens (tertiary/aromatic N) is 1. The molecule has 100 valence electrons. The number of hydrogen-bond donors (Lipinski definition) is 2. The van der Waals surface area contributed by atoms with Crippen LogP contribution in [0.3, 0.4) is 0 Å². The molecule has 2 rings (SSSR count). The molecule has 6 heteroatoms. The molecule has 0 bridgehead atoms. The summed E-state index contributed by atoms with van der Waals surface area (Å²) in [5, 5.41) is 0. The van der Waals surface area contributed by atoms with Crippen LogP contribution in [0.25, 0.3) is 0 Å². The van der Waals surface area contributed by atoms with Crippen LogP contribution in [0, 0.1) is 0 Å². The van der Waals surface area contributed by atoms with Gasteiger partial charge in [-0.15, -0.1) is 0 Å². The molecule has 2 aromatic rings. The van der Waals surface area contributed by atoms with Gasteiger partial charge in [-0.1, -0.05) is 24.3 Å². The minimum Gasteiger partial charge on any atom is -0.398 e. The lowest BCUT2D eigenvalue weighted by Gasteiger charge is -2.08. The lowest BCUT2D eigenvalue weighted by atomic mass is 10.2. The van der Waals surface area contributed by atoms with Crippen molar-refractivity contribution in [1.29, 1.82) is 0 Å². The second-order valence-corrected chi connectivity index (χ2v) is 5.95. The first-order valence-corrected chi connectivity index (χ1v) is 7.42. The van der Waals surface area contributed by atoms with E-state index in [4.69, 9.17) is 5.73 Å². The van der Waals surface area contributed by atoms with E-state index >= 15 is 0 Å². The summed E-state index contributed by atoms with van der Waals surface area (Å²) < 4.78 is 26.4. The van der Waals surface area contributed by atoms with Crippen molar-refractivity contribution in [3.63, 3.8) is 0 Å². The SMILES string of the molecule is Nc1ccccc1CS(=O)(=O)NCc1cccnc1. The molecule has 1 aromatic heterocycles. The Morgan fingerprint density at radius 2 is 1.95 bits per heavy atom. The Morgan fingerprint density at radius 3 is 2.63 bits per heavy atom. The summed E-state index contributed by atoms with van der Waals surface area (Å²) in [5.74, 6) is -0.125. The van der Waals surface area contributed by atoms with Crippen molar-refractivity contribution >= 4 is 15.7 Å². The van der Waals surface area contributed by atoms with Crippen LogP contribution in [0.15, 0.2) is 48.8 Å². The van der Waals surface area contributed by atoms with E-state index in [2.05, 4.69) is 9.71 Å². The third kappa shape index (κ3) is 4.04. The maximum Gasteiger partial charge on any atom is 0.216 e. The number of nitrogens with one attached hydrogen (secondary N) is 1. The Morgan fingerprint density at radius 1 is 1.16 bits per heavy atom. The second kappa shape index (κ2) is 5.81. The Bertz CT molecular complexity index is 642. The number of para-hydroxylation sites is 1. The van der Waals surface area contributed by atoms with Gasteiger partial charge in [0.05, 0.1) is 5.75 Å². The fourth-order valence-electron chi connectivity index (χ4n) is 1.62. The van der Waals surface area contributed by atoms with E-state index in [0.29, 0.717) is 11.3 Å². The van der Waals surface area contributed by atoms with E-state index in [1.54, 1.807) is 42.7 Å². The molecule has 19 heavy (non-hydrogen) atoms. The molecule has 0 spiro atoms. The molecule has 1 heterocycles. The van der Waals surface area contributed by atoms with Crippen molar-refractivity contribution in [3.05, 3.63) is 59.9 Å². The van der Waals surface area contributed by atoms with E-state index in [1.165, 1.54) is 0 Å². The summed E-state index contributed by atoms with van der Waals surface area (Å²) in [7, 11) is -3.41. The van der Waals surface area contributed by atoms with Crippen LogP contribution in [0.4, 0.5) is 5.69 Å². The number of anilines is 1. The topological polar surface area (TPSA) is 85.1 Å². The molecule has 0 saturated carbocycles. The standard InChI is InChI=1S/C13H15N3O2S/c14-13-6-2-1-5-12(13)10-19(17,18)16-9-11-4-3-7-15-8-11/h1-8,16H,9-10,14H2. The van der Waals surface area contributed by atoms with Crippen LogP contribution in [-0.2, 0) is 22.3 Å². The Hall–Kier alpha value is -1.92. The van der Waals surface area contributed by atoms with Crippen LogP contribution in [0.5, 0.6) is 0 Å². The lowest BCUT2D eigenvalue weighted by Crippen LogP contribution is -2.25. The average molecular weight is 277 g/mol. The highest BCUT2D eigenvalue weighted by molar-refractivity contribution is 7.88. The van der Waals surface area contributed by atoms with E-state index in [1.807, 2.05) is 6.07 Å². The number of nitrogen functional groups attached to an aromatic ring is 1. The van der Waals surface area contributed by atoms with Gasteiger partial charge >= 0.3 is 0 Å². The summed E-state index contributed by atoms with van der Waals surface area (Å²) in [5.41, 5.74) is 7.62. The molecule has 0 saturated heterocycles. The zero-order valence-electron chi connectivity index (χ0n) is 10.3. The molecule has 0 atom stereocenters. The zero-order valence-corrected chi connectivity index (χ0v) is 11.1. The monoisotopic (exact) mass is 277 g/mol. The summed E-state index contributed by atoms with van der Waals surface area (Å²) in [6.07, 6.45) is 3.27. The summed E-state index contributed by atoms with van der Waals surface area (Å²) >= 11 is 0. The lowest BCUT2D eigenvalue weighted by molar-refractivity contribution is 0.580. The molecule has 3 N–H and O–H groups in total. The summed E-state index contributed by atoms with van der Waals surface area (Å²) in [6.45, 7) is 0.225. The van der Waals surface area contributed by atoms with Gasteiger partial charge in [0.2, 0.25) is 10.0 Å². The van der Waals surface area contributed by atoms with E-state index in [9.17, 15) is 8.42 Å². The Balaban J connectivity index is 2.02. The first-order valence-electron chi connectivity index (χ1n) is 5.76. The second-order valence-electron chi connectivity index (χ2n) is 4.14. The molecule has 0 unspecified atom stereocenters. The van der Waals surface area contributed by atoms with Gasteiger partial charge in [-0.05, 0) is 23.3 Å². The highest BCUT2D eigenvalue weighted by Gasteiger charge is 2.12. The summed E-state index contributed by atoms with van der Waals surface area (Å²) in [6, 6.07) is 10.5. The van der Waals surface area contributed by atoms with E-state index in [-0.39, 0.29) is 12.3 Å².